The van der Waals surface area contributed by atoms with Gasteiger partial charge in [-0.2, -0.15) is 0 Å². The predicted molar refractivity (Wildman–Crippen MR) is 61.5 cm³/mol. The zero-order valence-corrected chi connectivity index (χ0v) is 9.40. The third-order valence-electron chi connectivity index (χ3n) is 2.09. The van der Waals surface area contributed by atoms with E-state index in [9.17, 15) is 4.79 Å². The number of carboxylic acids is 1. The Kier molecular flexibility index (Phi) is 4.50. The van der Waals surface area contributed by atoms with E-state index in [1.807, 2.05) is 6.92 Å². The normalized spacial score (nSPS) is 11.9. The van der Waals surface area contributed by atoms with Gasteiger partial charge in [0.2, 0.25) is 0 Å². The van der Waals surface area contributed by atoms with Crippen LogP contribution >= 0.6 is 0 Å². The molecule has 1 aromatic rings. The summed E-state index contributed by atoms with van der Waals surface area (Å²) < 4.78 is 0. The van der Waals surface area contributed by atoms with Gasteiger partial charge in [0.1, 0.15) is 24.5 Å². The Morgan fingerprint density at radius 1 is 1.50 bits per heavy atom. The van der Waals surface area contributed by atoms with Crippen molar-refractivity contribution in [3.05, 3.63) is 12.4 Å². The van der Waals surface area contributed by atoms with Crippen molar-refractivity contribution in [1.82, 2.24) is 9.97 Å². The first-order valence-electron chi connectivity index (χ1n) is 5.16. The average Bonchev–Trinajstić information content (AvgIpc) is 2.26. The molecule has 0 saturated carbocycles. The number of aromatic nitrogens is 2. The lowest BCUT2D eigenvalue weighted by Crippen LogP contribution is -2.16. The van der Waals surface area contributed by atoms with Gasteiger partial charge in [0, 0.05) is 12.1 Å². The summed E-state index contributed by atoms with van der Waals surface area (Å²) in [4.78, 5) is 18.3. The first kappa shape index (κ1) is 12.2. The Morgan fingerprint density at radius 3 is 2.81 bits per heavy atom. The van der Waals surface area contributed by atoms with E-state index in [1.54, 1.807) is 6.07 Å². The van der Waals surface area contributed by atoms with Crippen LogP contribution in [0.25, 0.3) is 0 Å². The molecule has 0 bridgehead atoms. The topological polar surface area (TPSA) is 87.1 Å². The van der Waals surface area contributed by atoms with E-state index in [4.69, 9.17) is 5.11 Å². The molecule has 0 aromatic carbocycles. The molecule has 1 unspecified atom stereocenters. The molecule has 0 aliphatic carbocycles. The van der Waals surface area contributed by atoms with Gasteiger partial charge in [0.15, 0.2) is 0 Å². The Bertz CT molecular complexity index is 356. The van der Waals surface area contributed by atoms with E-state index in [1.165, 1.54) is 6.33 Å². The summed E-state index contributed by atoms with van der Waals surface area (Å²) in [6, 6.07) is 2.01. The fourth-order valence-corrected chi connectivity index (χ4v) is 1.05. The van der Waals surface area contributed by atoms with E-state index in [0.29, 0.717) is 17.7 Å². The van der Waals surface area contributed by atoms with Gasteiger partial charge in [-0.1, -0.05) is 6.92 Å². The zero-order chi connectivity index (χ0) is 12.0. The molecule has 0 amide bonds. The highest BCUT2D eigenvalue weighted by Gasteiger charge is 2.03. The number of rotatable bonds is 6. The summed E-state index contributed by atoms with van der Waals surface area (Å²) in [5.41, 5.74) is 0. The maximum absolute atomic E-state index is 10.4. The van der Waals surface area contributed by atoms with Crippen LogP contribution in [0.1, 0.15) is 20.3 Å². The fraction of sp³-hybridized carbons (Fsp3) is 0.500. The molecule has 1 heterocycles. The van der Waals surface area contributed by atoms with Gasteiger partial charge in [0.25, 0.3) is 0 Å². The van der Waals surface area contributed by atoms with Crippen LogP contribution < -0.4 is 10.6 Å². The number of carbonyl (C=O) groups is 1. The van der Waals surface area contributed by atoms with Crippen LogP contribution in [-0.4, -0.2) is 33.6 Å². The molecule has 16 heavy (non-hydrogen) atoms. The number of anilines is 2. The van der Waals surface area contributed by atoms with Crippen molar-refractivity contribution in [2.45, 2.75) is 26.3 Å². The maximum Gasteiger partial charge on any atom is 0.322 e. The Morgan fingerprint density at radius 2 is 2.19 bits per heavy atom. The van der Waals surface area contributed by atoms with Crippen LogP contribution in [0.15, 0.2) is 12.4 Å². The van der Waals surface area contributed by atoms with E-state index >= 15 is 0 Å². The molecule has 1 rings (SSSR count). The van der Waals surface area contributed by atoms with Crippen LogP contribution in [0.4, 0.5) is 11.6 Å². The van der Waals surface area contributed by atoms with Crippen LogP contribution in [0, 0.1) is 0 Å². The first-order chi connectivity index (χ1) is 7.61. The number of hydrogen-bond acceptors (Lipinski definition) is 5. The molecule has 0 aliphatic rings. The summed E-state index contributed by atoms with van der Waals surface area (Å²) in [6.45, 7) is 3.97. The summed E-state index contributed by atoms with van der Waals surface area (Å²) in [5.74, 6) is 0.274. The molecular formula is C10H16N4O2. The molecule has 1 aromatic heterocycles. The van der Waals surface area contributed by atoms with Crippen LogP contribution in [-0.2, 0) is 4.79 Å². The van der Waals surface area contributed by atoms with Crippen molar-refractivity contribution in [3.63, 3.8) is 0 Å². The number of nitrogens with one attached hydrogen (secondary N) is 2. The maximum atomic E-state index is 10.4. The smallest absolute Gasteiger partial charge is 0.322 e. The van der Waals surface area contributed by atoms with Crippen molar-refractivity contribution in [3.8, 4) is 0 Å². The predicted octanol–water partition coefficient (Wildman–Crippen LogP) is 1.18. The summed E-state index contributed by atoms with van der Waals surface area (Å²) in [5, 5.41) is 14.4. The van der Waals surface area contributed by atoms with Crippen molar-refractivity contribution in [1.29, 1.82) is 0 Å². The number of nitrogens with zero attached hydrogens (tertiary/aromatic N) is 2. The highest BCUT2D eigenvalue weighted by molar-refractivity contribution is 5.72. The molecule has 0 aliphatic heterocycles. The minimum atomic E-state index is -0.921. The average molecular weight is 224 g/mol. The standard InChI is InChI=1S/C10H16N4O2/c1-3-7(2)14-9-4-8(12-6-13-9)11-5-10(15)16/h4,6-7H,3,5H2,1-2H3,(H,15,16)(H2,11,12,13,14). The van der Waals surface area contributed by atoms with Crippen molar-refractivity contribution in [2.24, 2.45) is 0 Å². The first-order valence-corrected chi connectivity index (χ1v) is 5.16. The largest absolute Gasteiger partial charge is 0.480 e. The van der Waals surface area contributed by atoms with Crippen molar-refractivity contribution < 1.29 is 9.90 Å². The molecule has 0 fully saturated rings. The highest BCUT2D eigenvalue weighted by atomic mass is 16.4. The molecule has 3 N–H and O–H groups in total. The number of aliphatic carboxylic acids is 1. The monoisotopic (exact) mass is 224 g/mol. The SMILES string of the molecule is CCC(C)Nc1cc(NCC(=O)O)ncn1. The Balaban J connectivity index is 2.60. The second kappa shape index (κ2) is 5.89. The van der Waals surface area contributed by atoms with E-state index in [0.717, 1.165) is 6.42 Å². The minimum absolute atomic E-state index is 0.153. The van der Waals surface area contributed by atoms with Crippen LogP contribution in [0.2, 0.25) is 0 Å². The second-order valence-electron chi connectivity index (χ2n) is 3.49. The van der Waals surface area contributed by atoms with Crippen molar-refractivity contribution >= 4 is 17.6 Å². The third kappa shape index (κ3) is 4.12. The summed E-state index contributed by atoms with van der Waals surface area (Å²) >= 11 is 0. The van der Waals surface area contributed by atoms with Gasteiger partial charge in [-0.25, -0.2) is 9.97 Å². The molecule has 88 valence electrons. The van der Waals surface area contributed by atoms with Gasteiger partial charge in [-0.3, -0.25) is 4.79 Å². The third-order valence-corrected chi connectivity index (χ3v) is 2.09. The molecule has 6 heteroatoms. The molecular weight excluding hydrogens is 208 g/mol. The lowest BCUT2D eigenvalue weighted by Gasteiger charge is -2.12. The van der Waals surface area contributed by atoms with Crippen LogP contribution in [0.3, 0.4) is 0 Å². The summed E-state index contributed by atoms with van der Waals surface area (Å²) in [7, 11) is 0. The van der Waals surface area contributed by atoms with E-state index < -0.39 is 5.97 Å². The molecule has 0 radical (unpaired) electrons. The number of carboxylic acid groups (broad SMARTS) is 1. The molecule has 0 saturated heterocycles. The van der Waals surface area contributed by atoms with Gasteiger partial charge in [-0.05, 0) is 13.3 Å². The number of hydrogen-bond donors (Lipinski definition) is 3. The van der Waals surface area contributed by atoms with Gasteiger partial charge >= 0.3 is 5.97 Å². The van der Waals surface area contributed by atoms with Gasteiger partial charge < -0.3 is 15.7 Å². The lowest BCUT2D eigenvalue weighted by molar-refractivity contribution is -0.134. The molecule has 0 spiro atoms. The zero-order valence-electron chi connectivity index (χ0n) is 9.40. The quantitative estimate of drug-likeness (QED) is 0.672. The van der Waals surface area contributed by atoms with Gasteiger partial charge in [0.05, 0.1) is 0 Å². The van der Waals surface area contributed by atoms with E-state index in [2.05, 4.69) is 27.5 Å². The lowest BCUT2D eigenvalue weighted by atomic mass is 10.2. The van der Waals surface area contributed by atoms with Crippen molar-refractivity contribution in [2.75, 3.05) is 17.2 Å². The minimum Gasteiger partial charge on any atom is -0.480 e. The fourth-order valence-electron chi connectivity index (χ4n) is 1.05. The molecule has 6 nitrogen and oxygen atoms in total. The van der Waals surface area contributed by atoms with Gasteiger partial charge in [-0.15, -0.1) is 0 Å². The Labute approximate surface area is 94.1 Å². The highest BCUT2D eigenvalue weighted by Crippen LogP contribution is 2.10. The Hall–Kier alpha value is -1.85. The summed E-state index contributed by atoms with van der Waals surface area (Å²) in [6.07, 6.45) is 2.39. The molecule has 1 atom stereocenters. The second-order valence-corrected chi connectivity index (χ2v) is 3.49. The van der Waals surface area contributed by atoms with Crippen LogP contribution in [0.5, 0.6) is 0 Å². The van der Waals surface area contributed by atoms with E-state index in [-0.39, 0.29) is 6.54 Å².